The van der Waals surface area contributed by atoms with Gasteiger partial charge in [0.25, 0.3) is 0 Å². The molecule has 0 unspecified atom stereocenters. The predicted molar refractivity (Wildman–Crippen MR) is 87.6 cm³/mol. The maximum atomic E-state index is 6.31. The Bertz CT molecular complexity index is 505. The summed E-state index contributed by atoms with van der Waals surface area (Å²) in [7, 11) is 0. The van der Waals surface area contributed by atoms with Crippen molar-refractivity contribution in [3.63, 3.8) is 0 Å². The van der Waals surface area contributed by atoms with E-state index in [1.807, 2.05) is 18.5 Å². The fraction of sp³-hybridized carbons (Fsp3) is 0.765. The topological polar surface area (TPSA) is 50.7 Å². The van der Waals surface area contributed by atoms with Crippen LogP contribution in [0.3, 0.4) is 0 Å². The molecule has 6 heteroatoms. The highest BCUT2D eigenvalue weighted by atomic mass is 16.5. The van der Waals surface area contributed by atoms with Crippen LogP contribution >= 0.6 is 0 Å². The Balaban J connectivity index is 1.46. The second kappa shape index (κ2) is 6.71. The number of nitrogens with zero attached hydrogens (tertiary/aromatic N) is 4. The third-order valence-electron chi connectivity index (χ3n) is 5.36. The minimum absolute atomic E-state index is 0.0615. The van der Waals surface area contributed by atoms with Gasteiger partial charge in [0, 0.05) is 51.3 Å². The van der Waals surface area contributed by atoms with Crippen LogP contribution in [0.2, 0.25) is 0 Å². The Kier molecular flexibility index (Phi) is 4.46. The first-order valence-electron chi connectivity index (χ1n) is 8.82. The van der Waals surface area contributed by atoms with Gasteiger partial charge in [-0.15, -0.1) is 0 Å². The van der Waals surface area contributed by atoms with Crippen molar-refractivity contribution in [2.75, 3.05) is 50.9 Å². The van der Waals surface area contributed by atoms with Crippen molar-refractivity contribution in [3.05, 3.63) is 18.5 Å². The van der Waals surface area contributed by atoms with Crippen molar-refractivity contribution in [1.82, 2.24) is 14.9 Å². The zero-order valence-corrected chi connectivity index (χ0v) is 13.7. The highest BCUT2D eigenvalue weighted by Crippen LogP contribution is 2.32. The Labute approximate surface area is 137 Å². The van der Waals surface area contributed by atoms with E-state index in [4.69, 9.17) is 9.47 Å². The van der Waals surface area contributed by atoms with Crippen molar-refractivity contribution in [2.45, 2.75) is 37.3 Å². The average molecular weight is 318 g/mol. The zero-order chi connectivity index (χ0) is 15.5. The van der Waals surface area contributed by atoms with Crippen LogP contribution in [0.15, 0.2) is 18.5 Å². The van der Waals surface area contributed by atoms with Gasteiger partial charge >= 0.3 is 0 Å². The van der Waals surface area contributed by atoms with Crippen LogP contribution in [0.5, 0.6) is 0 Å². The van der Waals surface area contributed by atoms with E-state index in [9.17, 15) is 0 Å². The van der Waals surface area contributed by atoms with Gasteiger partial charge in [0.1, 0.15) is 0 Å². The number of piperidine rings is 1. The van der Waals surface area contributed by atoms with Crippen LogP contribution in [0, 0.1) is 0 Å². The average Bonchev–Trinajstić information content (AvgIpc) is 2.63. The van der Waals surface area contributed by atoms with Gasteiger partial charge in [-0.2, -0.15) is 0 Å². The molecule has 1 aromatic rings. The first kappa shape index (κ1) is 15.3. The largest absolute Gasteiger partial charge is 0.381 e. The molecule has 0 amide bonds. The molecule has 4 heterocycles. The Morgan fingerprint density at radius 2 is 1.87 bits per heavy atom. The van der Waals surface area contributed by atoms with E-state index in [1.165, 1.54) is 0 Å². The molecule has 3 saturated heterocycles. The van der Waals surface area contributed by atoms with Crippen molar-refractivity contribution >= 4 is 5.95 Å². The van der Waals surface area contributed by atoms with Gasteiger partial charge in [0.05, 0.1) is 18.8 Å². The van der Waals surface area contributed by atoms with Gasteiger partial charge in [0.15, 0.2) is 0 Å². The zero-order valence-electron chi connectivity index (χ0n) is 13.7. The number of rotatable bonds is 2. The molecule has 126 valence electrons. The molecule has 0 saturated carbocycles. The second-order valence-electron chi connectivity index (χ2n) is 6.92. The Hall–Kier alpha value is -1.24. The fourth-order valence-corrected chi connectivity index (χ4v) is 4.21. The van der Waals surface area contributed by atoms with Crippen LogP contribution in [0.25, 0.3) is 0 Å². The van der Waals surface area contributed by atoms with E-state index in [1.54, 1.807) is 0 Å². The highest BCUT2D eigenvalue weighted by Gasteiger charge is 2.42. The smallest absolute Gasteiger partial charge is 0.225 e. The molecule has 0 aliphatic carbocycles. The summed E-state index contributed by atoms with van der Waals surface area (Å²) in [6.45, 7) is 6.64. The molecule has 3 aliphatic rings. The molecular weight excluding hydrogens is 292 g/mol. The summed E-state index contributed by atoms with van der Waals surface area (Å²) in [6, 6.07) is 2.53. The lowest BCUT2D eigenvalue weighted by Crippen LogP contribution is -2.62. The molecule has 4 rings (SSSR count). The van der Waals surface area contributed by atoms with Crippen LogP contribution in [-0.4, -0.2) is 72.5 Å². The highest BCUT2D eigenvalue weighted by molar-refractivity contribution is 5.31. The number of ether oxygens (including phenoxy) is 2. The second-order valence-corrected chi connectivity index (χ2v) is 6.92. The summed E-state index contributed by atoms with van der Waals surface area (Å²) in [5, 5.41) is 0. The van der Waals surface area contributed by atoms with E-state index in [2.05, 4.69) is 19.8 Å². The van der Waals surface area contributed by atoms with Crippen molar-refractivity contribution in [1.29, 1.82) is 0 Å². The number of hydrogen-bond acceptors (Lipinski definition) is 6. The van der Waals surface area contributed by atoms with Crippen molar-refractivity contribution < 1.29 is 9.47 Å². The van der Waals surface area contributed by atoms with Crippen LogP contribution in [0.4, 0.5) is 5.95 Å². The van der Waals surface area contributed by atoms with E-state index in [0.29, 0.717) is 6.04 Å². The molecule has 23 heavy (non-hydrogen) atoms. The maximum Gasteiger partial charge on any atom is 0.225 e. The summed E-state index contributed by atoms with van der Waals surface area (Å²) < 4.78 is 11.8. The lowest BCUT2D eigenvalue weighted by Gasteiger charge is -2.50. The summed E-state index contributed by atoms with van der Waals surface area (Å²) in [6.07, 6.45) is 8.22. The summed E-state index contributed by atoms with van der Waals surface area (Å²) >= 11 is 0. The minimum atomic E-state index is -0.0615. The maximum absolute atomic E-state index is 6.31. The summed E-state index contributed by atoms with van der Waals surface area (Å²) in [5.74, 6) is 0.832. The van der Waals surface area contributed by atoms with E-state index in [0.717, 1.165) is 77.6 Å². The minimum Gasteiger partial charge on any atom is -0.381 e. The van der Waals surface area contributed by atoms with Crippen molar-refractivity contribution in [2.24, 2.45) is 0 Å². The predicted octanol–water partition coefficient (Wildman–Crippen LogP) is 1.33. The fourth-order valence-electron chi connectivity index (χ4n) is 4.21. The molecule has 1 atom stereocenters. The quantitative estimate of drug-likeness (QED) is 0.820. The van der Waals surface area contributed by atoms with Crippen molar-refractivity contribution in [3.8, 4) is 0 Å². The van der Waals surface area contributed by atoms with Gasteiger partial charge in [-0.3, -0.25) is 4.90 Å². The first-order valence-corrected chi connectivity index (χ1v) is 8.82. The molecule has 0 N–H and O–H groups in total. The molecule has 6 nitrogen and oxygen atoms in total. The molecule has 0 radical (unpaired) electrons. The van der Waals surface area contributed by atoms with Gasteiger partial charge in [-0.1, -0.05) is 0 Å². The van der Waals surface area contributed by atoms with Crippen LogP contribution < -0.4 is 4.90 Å². The van der Waals surface area contributed by atoms with Gasteiger partial charge < -0.3 is 14.4 Å². The Morgan fingerprint density at radius 3 is 2.70 bits per heavy atom. The number of aromatic nitrogens is 2. The van der Waals surface area contributed by atoms with Gasteiger partial charge in [0.2, 0.25) is 5.95 Å². The van der Waals surface area contributed by atoms with Crippen LogP contribution in [0.1, 0.15) is 25.7 Å². The number of hydrogen-bond donors (Lipinski definition) is 0. The molecule has 3 aliphatic heterocycles. The Morgan fingerprint density at radius 1 is 1.04 bits per heavy atom. The molecule has 0 aromatic carbocycles. The molecule has 1 aromatic heterocycles. The standard InChI is InChI=1S/C17H26N4O2/c1-5-17(14-21(8-1)16-18-6-2-7-19-16)13-20(9-12-23-17)15-3-10-22-11-4-15/h2,6-7,15H,1,3-5,8-14H2/t17-/m1/s1. The van der Waals surface area contributed by atoms with Crippen LogP contribution in [-0.2, 0) is 9.47 Å². The van der Waals surface area contributed by atoms with E-state index in [-0.39, 0.29) is 5.60 Å². The lowest BCUT2D eigenvalue weighted by atomic mass is 9.89. The first-order chi connectivity index (χ1) is 11.3. The molecule has 3 fully saturated rings. The van der Waals surface area contributed by atoms with E-state index < -0.39 is 0 Å². The normalized spacial score (nSPS) is 30.7. The van der Waals surface area contributed by atoms with E-state index >= 15 is 0 Å². The number of anilines is 1. The SMILES string of the molecule is c1cnc(N2CCC[C@]3(C2)CN(C2CCOCC2)CCO3)nc1. The third kappa shape index (κ3) is 3.34. The molecule has 1 spiro atoms. The molecule has 0 bridgehead atoms. The number of morpholine rings is 1. The lowest BCUT2D eigenvalue weighted by molar-refractivity contribution is -0.131. The molecular formula is C17H26N4O2. The third-order valence-corrected chi connectivity index (χ3v) is 5.36. The summed E-state index contributed by atoms with van der Waals surface area (Å²) in [5.41, 5.74) is -0.0615. The monoisotopic (exact) mass is 318 g/mol. The van der Waals surface area contributed by atoms with Gasteiger partial charge in [-0.25, -0.2) is 9.97 Å². The summed E-state index contributed by atoms with van der Waals surface area (Å²) in [4.78, 5) is 13.8. The van der Waals surface area contributed by atoms with Gasteiger partial charge in [-0.05, 0) is 31.7 Å².